The van der Waals surface area contributed by atoms with E-state index >= 15 is 0 Å². The monoisotopic (exact) mass is 1070 g/mol. The predicted octanol–water partition coefficient (Wildman–Crippen LogP) is 19.6. The van der Waals surface area contributed by atoms with Crippen molar-refractivity contribution in [2.45, 2.75) is 128 Å². The molecule has 0 N–H and O–H groups in total. The largest absolute Gasteiger partial charge is 0.334 e. The van der Waals surface area contributed by atoms with E-state index in [9.17, 15) is 0 Å². The number of benzene rings is 9. The van der Waals surface area contributed by atoms with Crippen molar-refractivity contribution in [1.82, 2.24) is 0 Å². The lowest BCUT2D eigenvalue weighted by molar-refractivity contribution is 0.195. The maximum atomic E-state index is 2.84. The van der Waals surface area contributed by atoms with E-state index in [1.165, 1.54) is 155 Å². The van der Waals surface area contributed by atoms with Gasteiger partial charge in [0.05, 0.1) is 27.3 Å². The van der Waals surface area contributed by atoms with Crippen LogP contribution in [0.25, 0.3) is 51.5 Å². The summed E-state index contributed by atoms with van der Waals surface area (Å²) in [5.74, 6) is 0. The Labute approximate surface area is 480 Å². The highest BCUT2D eigenvalue weighted by Gasteiger charge is 2.58. The number of rotatable bonds is 4. The topological polar surface area (TPSA) is 9.72 Å². The van der Waals surface area contributed by atoms with Crippen molar-refractivity contribution < 1.29 is 0 Å². The summed E-state index contributed by atoms with van der Waals surface area (Å²) < 4.78 is 5.30. The van der Waals surface area contributed by atoms with E-state index in [1.54, 1.807) is 0 Å². The minimum absolute atomic E-state index is 0.00215. The van der Waals surface area contributed by atoms with Gasteiger partial charge in [-0.1, -0.05) is 183 Å². The predicted molar refractivity (Wildman–Crippen MR) is 348 cm³/mol. The Kier molecular flexibility index (Phi) is 10.2. The molecule has 0 bridgehead atoms. The molecule has 3 nitrogen and oxygen atoms in total. The lowest BCUT2D eigenvalue weighted by atomic mass is 9.33. The molecule has 394 valence electrons. The SMILES string of the molecule is CC(C)(C)c1ccc(N2c3cc(N4c5ccccc5C5(C)CCCCC45C)cc4c3B(c3cc5c(cc3N4c3cccc4c3sc3ccccc34)C(C)(C)CCC5(C)C)c3ccc4sc5ccccc5c4c32)c(-c2ccccc2)c1. The standard InChI is InChI=1S/C74H68BN3S2/c1-70(2,3)46-32-34-57(51(40-46)45-22-11-10-12-23-45)77-62-42-47(78-58-28-16-15-27-52(58)73(8)36-19-20-37-74(73,78)9)41-61-67(62)75(55-33-35-65-66(68(55)77)50-25-14-18-31-64(50)79-65)56-43-53-54(72(6,7)39-38-71(53,4)5)44-60(56)76(61)59-29-21-26-49-48-24-13-17-30-63(48)80-69(49)59/h10-18,21-35,40-44H,19-20,36-39H2,1-9H3. The molecule has 80 heavy (non-hydrogen) atoms. The number of hydrogen-bond acceptors (Lipinski definition) is 5. The highest BCUT2D eigenvalue weighted by atomic mass is 32.1. The minimum Gasteiger partial charge on any atom is -0.334 e. The van der Waals surface area contributed by atoms with E-state index < -0.39 is 0 Å². The van der Waals surface area contributed by atoms with E-state index in [-0.39, 0.29) is 33.9 Å². The van der Waals surface area contributed by atoms with Crippen LogP contribution in [0.1, 0.15) is 123 Å². The molecule has 3 aliphatic heterocycles. The average Bonchev–Trinajstić information content (AvgIpc) is 4.09. The molecular weight excluding hydrogens is 1010 g/mol. The first-order valence-electron chi connectivity index (χ1n) is 29.5. The molecule has 0 radical (unpaired) electrons. The number of nitrogens with zero attached hydrogens (tertiary/aromatic N) is 3. The fourth-order valence-electron chi connectivity index (χ4n) is 16.0. The molecule has 5 heterocycles. The summed E-state index contributed by atoms with van der Waals surface area (Å²) in [7, 11) is 0. The van der Waals surface area contributed by atoms with Gasteiger partial charge in [0, 0.05) is 75.1 Å². The normalized spacial score (nSPS) is 20.5. The molecule has 11 aromatic rings. The van der Waals surface area contributed by atoms with Gasteiger partial charge in [0.15, 0.2) is 0 Å². The second kappa shape index (κ2) is 16.7. The highest BCUT2D eigenvalue weighted by Crippen LogP contribution is 2.63. The first-order chi connectivity index (χ1) is 38.5. The first-order valence-corrected chi connectivity index (χ1v) is 31.1. The molecule has 2 atom stereocenters. The van der Waals surface area contributed by atoms with Crippen LogP contribution in [0.2, 0.25) is 0 Å². The van der Waals surface area contributed by atoms with Crippen LogP contribution >= 0.6 is 22.7 Å². The van der Waals surface area contributed by atoms with Crippen molar-refractivity contribution in [1.29, 1.82) is 0 Å². The summed E-state index contributed by atoms with van der Waals surface area (Å²) in [6.45, 7) is 22.2. The Morgan fingerprint density at radius 1 is 0.463 bits per heavy atom. The summed E-state index contributed by atoms with van der Waals surface area (Å²) in [6.07, 6.45) is 7.05. The van der Waals surface area contributed by atoms with Crippen LogP contribution in [0.4, 0.5) is 45.5 Å². The van der Waals surface area contributed by atoms with Crippen molar-refractivity contribution in [3.8, 4) is 11.1 Å². The fourth-order valence-corrected chi connectivity index (χ4v) is 18.3. The molecule has 16 rings (SSSR count). The molecule has 6 heteroatoms. The Bertz CT molecular complexity index is 4440. The summed E-state index contributed by atoms with van der Waals surface area (Å²) >= 11 is 3.88. The van der Waals surface area contributed by atoms with Crippen LogP contribution in [-0.2, 0) is 21.7 Å². The second-order valence-electron chi connectivity index (χ2n) is 27.0. The van der Waals surface area contributed by atoms with Gasteiger partial charge in [-0.2, -0.15) is 0 Å². The van der Waals surface area contributed by atoms with E-state index in [4.69, 9.17) is 0 Å². The second-order valence-corrected chi connectivity index (χ2v) is 29.1. The van der Waals surface area contributed by atoms with Crippen LogP contribution in [-0.4, -0.2) is 12.3 Å². The van der Waals surface area contributed by atoms with Crippen molar-refractivity contribution in [3.63, 3.8) is 0 Å². The van der Waals surface area contributed by atoms with Crippen LogP contribution in [0.5, 0.6) is 0 Å². The molecule has 0 spiro atoms. The van der Waals surface area contributed by atoms with Gasteiger partial charge in [0.2, 0.25) is 0 Å². The van der Waals surface area contributed by atoms with Crippen molar-refractivity contribution in [2.75, 3.05) is 14.7 Å². The van der Waals surface area contributed by atoms with Gasteiger partial charge in [-0.3, -0.25) is 0 Å². The molecule has 2 aliphatic carbocycles. The molecule has 5 aliphatic rings. The Morgan fingerprint density at radius 3 is 1.89 bits per heavy atom. The molecule has 2 aromatic heterocycles. The minimum atomic E-state index is -0.162. The molecule has 1 fully saturated rings. The third-order valence-corrected chi connectivity index (χ3v) is 23.0. The van der Waals surface area contributed by atoms with Crippen molar-refractivity contribution in [3.05, 3.63) is 198 Å². The van der Waals surface area contributed by atoms with Crippen molar-refractivity contribution in [2.24, 2.45) is 0 Å². The molecule has 0 amide bonds. The smallest absolute Gasteiger partial charge is 0.252 e. The lowest BCUT2D eigenvalue weighted by Gasteiger charge is -2.51. The van der Waals surface area contributed by atoms with E-state index in [0.717, 1.165) is 19.3 Å². The average molecular weight is 1070 g/mol. The summed E-state index contributed by atoms with van der Waals surface area (Å²) in [6, 6.07) is 69.3. The highest BCUT2D eigenvalue weighted by molar-refractivity contribution is 7.26. The lowest BCUT2D eigenvalue weighted by Crippen LogP contribution is -2.62. The van der Waals surface area contributed by atoms with E-state index in [0.29, 0.717) is 0 Å². The van der Waals surface area contributed by atoms with Gasteiger partial charge in [0.25, 0.3) is 6.71 Å². The Morgan fingerprint density at radius 2 is 1.11 bits per heavy atom. The van der Waals surface area contributed by atoms with Gasteiger partial charge in [-0.15, -0.1) is 22.7 Å². The van der Waals surface area contributed by atoms with Gasteiger partial charge < -0.3 is 14.7 Å². The fraction of sp³-hybridized carbons (Fsp3) is 0.270. The third kappa shape index (κ3) is 6.61. The third-order valence-electron chi connectivity index (χ3n) is 20.6. The first kappa shape index (κ1) is 48.8. The van der Waals surface area contributed by atoms with Crippen LogP contribution in [0.3, 0.4) is 0 Å². The Hall–Kier alpha value is -7.12. The maximum Gasteiger partial charge on any atom is 0.252 e. The summed E-state index contributed by atoms with van der Waals surface area (Å²) in [5, 5.41) is 5.31. The number of anilines is 8. The maximum absolute atomic E-state index is 2.84. The number of fused-ring (bicyclic) bond motifs is 15. The zero-order chi connectivity index (χ0) is 54.4. The van der Waals surface area contributed by atoms with Gasteiger partial charge in [0.1, 0.15) is 0 Å². The van der Waals surface area contributed by atoms with Crippen LogP contribution in [0, 0.1) is 0 Å². The van der Waals surface area contributed by atoms with Gasteiger partial charge in [-0.25, -0.2) is 0 Å². The molecular formula is C74H68BN3S2. The number of para-hydroxylation sites is 1. The van der Waals surface area contributed by atoms with Crippen LogP contribution in [0.15, 0.2) is 176 Å². The number of hydrogen-bond donors (Lipinski definition) is 0. The molecule has 0 saturated heterocycles. The van der Waals surface area contributed by atoms with E-state index in [2.05, 4.69) is 253 Å². The van der Waals surface area contributed by atoms with Crippen LogP contribution < -0.4 is 31.1 Å². The summed E-state index contributed by atoms with van der Waals surface area (Å²) in [4.78, 5) is 8.40. The zero-order valence-corrected chi connectivity index (χ0v) is 49.4. The molecule has 1 saturated carbocycles. The van der Waals surface area contributed by atoms with Crippen molar-refractivity contribution >= 4 is 132 Å². The number of thiophene rings is 2. The summed E-state index contributed by atoms with van der Waals surface area (Å²) in [5.41, 5.74) is 22.4. The molecule has 9 aromatic carbocycles. The molecule has 2 unspecified atom stereocenters. The van der Waals surface area contributed by atoms with Gasteiger partial charge in [-0.05, 0) is 154 Å². The van der Waals surface area contributed by atoms with Gasteiger partial charge >= 0.3 is 0 Å². The quantitative estimate of drug-likeness (QED) is 0.163. The zero-order valence-electron chi connectivity index (χ0n) is 47.7. The Balaban J connectivity index is 1.11. The van der Waals surface area contributed by atoms with E-state index in [1.807, 2.05) is 22.7 Å².